The molecule has 2 heterocycles. The summed E-state index contributed by atoms with van der Waals surface area (Å²) in [5, 5.41) is 9.51. The van der Waals surface area contributed by atoms with E-state index in [2.05, 4.69) is 0 Å². The molecule has 1 aromatic carbocycles. The quantitative estimate of drug-likeness (QED) is 0.797. The summed E-state index contributed by atoms with van der Waals surface area (Å²) in [6.45, 7) is 1.71. The third kappa shape index (κ3) is 4.34. The molecule has 0 saturated carbocycles. The van der Waals surface area contributed by atoms with Crippen molar-refractivity contribution in [3.63, 3.8) is 0 Å². The monoisotopic (exact) mass is 400 g/mol. The zero-order valence-electron chi connectivity index (χ0n) is 14.9. The Morgan fingerprint density at radius 1 is 1.36 bits per heavy atom. The zero-order chi connectivity index (χ0) is 20.5. The summed E-state index contributed by atoms with van der Waals surface area (Å²) in [4.78, 5) is 25.1. The fourth-order valence-corrected chi connectivity index (χ4v) is 3.12. The van der Waals surface area contributed by atoms with Crippen molar-refractivity contribution in [2.45, 2.75) is 44.6 Å². The smallest absolute Gasteiger partial charge is 0.394 e. The Morgan fingerprint density at radius 2 is 2.11 bits per heavy atom. The second-order valence-electron chi connectivity index (χ2n) is 6.59. The lowest BCUT2D eigenvalue weighted by Gasteiger charge is -2.17. The predicted molar refractivity (Wildman–Crippen MR) is 91.7 cm³/mol. The molecule has 1 aromatic heterocycles. The summed E-state index contributed by atoms with van der Waals surface area (Å²) in [5.74, 6) is 0. The highest BCUT2D eigenvalue weighted by molar-refractivity contribution is 5.21. The van der Waals surface area contributed by atoms with Crippen LogP contribution >= 0.6 is 0 Å². The second-order valence-corrected chi connectivity index (χ2v) is 6.59. The molecule has 3 unspecified atom stereocenters. The SMILES string of the molecule is Cc1cccc(COC2CC(n3cc(C(F)(F)F)c(=O)[nH]c3=O)OC2CO)c1. The van der Waals surface area contributed by atoms with Crippen LogP contribution in [-0.4, -0.2) is 33.5 Å². The molecule has 1 aliphatic heterocycles. The van der Waals surface area contributed by atoms with Gasteiger partial charge < -0.3 is 14.6 Å². The van der Waals surface area contributed by atoms with Gasteiger partial charge in [-0.25, -0.2) is 4.79 Å². The number of aliphatic hydroxyl groups is 1. The molecule has 1 saturated heterocycles. The van der Waals surface area contributed by atoms with E-state index in [0.29, 0.717) is 10.8 Å². The molecular formula is C18H19F3N2O5. The lowest BCUT2D eigenvalue weighted by atomic mass is 10.1. The van der Waals surface area contributed by atoms with Crippen LogP contribution in [0.2, 0.25) is 0 Å². The first-order chi connectivity index (χ1) is 13.2. The van der Waals surface area contributed by atoms with Crippen molar-refractivity contribution < 1.29 is 27.8 Å². The fourth-order valence-electron chi connectivity index (χ4n) is 3.12. The highest BCUT2D eigenvalue weighted by Crippen LogP contribution is 2.32. The molecule has 10 heteroatoms. The fraction of sp³-hybridized carbons (Fsp3) is 0.444. The maximum Gasteiger partial charge on any atom is 0.423 e. The summed E-state index contributed by atoms with van der Waals surface area (Å²) in [5.41, 5.74) is -2.11. The number of nitrogens with zero attached hydrogens (tertiary/aromatic N) is 1. The molecule has 0 spiro atoms. The number of benzene rings is 1. The molecule has 1 fully saturated rings. The number of ether oxygens (including phenoxy) is 2. The third-order valence-electron chi connectivity index (χ3n) is 4.49. The van der Waals surface area contributed by atoms with Gasteiger partial charge in [-0.15, -0.1) is 0 Å². The van der Waals surface area contributed by atoms with Crippen LogP contribution in [0, 0.1) is 6.92 Å². The first-order valence-corrected chi connectivity index (χ1v) is 8.55. The first-order valence-electron chi connectivity index (χ1n) is 8.55. The molecule has 0 aliphatic carbocycles. The van der Waals surface area contributed by atoms with Crippen molar-refractivity contribution in [1.82, 2.24) is 9.55 Å². The lowest BCUT2D eigenvalue weighted by molar-refractivity contribution is -0.139. The standard InChI is InChI=1S/C18H19F3N2O5/c1-10-3-2-4-11(5-10)9-27-13-6-15(28-14(13)8-24)23-7-12(18(19,20)21)16(25)22-17(23)26/h2-5,7,13-15,24H,6,8-9H2,1H3,(H,22,25,26). The van der Waals surface area contributed by atoms with Crippen LogP contribution in [0.15, 0.2) is 40.1 Å². The summed E-state index contributed by atoms with van der Waals surface area (Å²) in [6.07, 6.45) is -7.00. The minimum atomic E-state index is -4.92. The number of hydrogen-bond donors (Lipinski definition) is 2. The number of H-pyrrole nitrogens is 1. The van der Waals surface area contributed by atoms with E-state index >= 15 is 0 Å². The summed E-state index contributed by atoms with van der Waals surface area (Å²) in [7, 11) is 0. The largest absolute Gasteiger partial charge is 0.423 e. The molecule has 2 N–H and O–H groups in total. The Labute approximate surface area is 157 Å². The molecule has 3 rings (SSSR count). The number of aryl methyl sites for hydroxylation is 1. The van der Waals surface area contributed by atoms with Crippen LogP contribution in [-0.2, 0) is 22.3 Å². The second kappa shape index (κ2) is 7.90. The molecule has 152 valence electrons. The van der Waals surface area contributed by atoms with E-state index in [-0.39, 0.29) is 13.0 Å². The predicted octanol–water partition coefficient (Wildman–Crippen LogP) is 1.73. The maximum absolute atomic E-state index is 13.0. The number of nitrogens with one attached hydrogen (secondary N) is 1. The van der Waals surface area contributed by atoms with E-state index in [1.807, 2.05) is 31.2 Å². The molecule has 7 nitrogen and oxygen atoms in total. The minimum absolute atomic E-state index is 0.0420. The number of alkyl halides is 3. The normalized spacial score (nSPS) is 22.5. The van der Waals surface area contributed by atoms with E-state index < -0.39 is 48.0 Å². The van der Waals surface area contributed by atoms with Crippen molar-refractivity contribution in [2.75, 3.05) is 6.61 Å². The van der Waals surface area contributed by atoms with Crippen LogP contribution in [0.4, 0.5) is 13.2 Å². The number of halogens is 3. The Balaban J connectivity index is 1.80. The molecule has 0 amide bonds. The Hall–Kier alpha value is -2.43. The van der Waals surface area contributed by atoms with Crippen LogP contribution in [0.25, 0.3) is 0 Å². The summed E-state index contributed by atoms with van der Waals surface area (Å²) >= 11 is 0. The van der Waals surface area contributed by atoms with E-state index in [9.17, 15) is 27.9 Å². The van der Waals surface area contributed by atoms with E-state index in [1.54, 1.807) is 4.98 Å². The van der Waals surface area contributed by atoms with Crippen LogP contribution in [0.3, 0.4) is 0 Å². The van der Waals surface area contributed by atoms with Gasteiger partial charge in [0.05, 0.1) is 19.3 Å². The van der Waals surface area contributed by atoms with E-state index in [1.165, 1.54) is 0 Å². The minimum Gasteiger partial charge on any atom is -0.394 e. The third-order valence-corrected chi connectivity index (χ3v) is 4.49. The summed E-state index contributed by atoms with van der Waals surface area (Å²) < 4.78 is 50.8. The molecule has 3 atom stereocenters. The van der Waals surface area contributed by atoms with Crippen molar-refractivity contribution in [2.24, 2.45) is 0 Å². The van der Waals surface area contributed by atoms with Gasteiger partial charge in [-0.05, 0) is 12.5 Å². The van der Waals surface area contributed by atoms with Gasteiger partial charge >= 0.3 is 11.9 Å². The number of hydrogen-bond acceptors (Lipinski definition) is 5. The van der Waals surface area contributed by atoms with Crippen molar-refractivity contribution in [3.8, 4) is 0 Å². The maximum atomic E-state index is 13.0. The number of aliphatic hydroxyl groups excluding tert-OH is 1. The average molecular weight is 400 g/mol. The van der Waals surface area contributed by atoms with Crippen molar-refractivity contribution in [3.05, 3.63) is 68.0 Å². The van der Waals surface area contributed by atoms with Crippen LogP contribution < -0.4 is 11.2 Å². The van der Waals surface area contributed by atoms with Gasteiger partial charge in [0.25, 0.3) is 5.56 Å². The van der Waals surface area contributed by atoms with Crippen molar-refractivity contribution >= 4 is 0 Å². The van der Waals surface area contributed by atoms with Gasteiger partial charge in [0.1, 0.15) is 17.9 Å². The molecule has 28 heavy (non-hydrogen) atoms. The van der Waals surface area contributed by atoms with E-state index in [0.717, 1.165) is 11.1 Å². The highest BCUT2D eigenvalue weighted by Gasteiger charge is 2.39. The highest BCUT2D eigenvalue weighted by atomic mass is 19.4. The molecule has 1 aliphatic rings. The Morgan fingerprint density at radius 3 is 2.75 bits per heavy atom. The Kier molecular flexibility index (Phi) is 5.73. The number of rotatable bonds is 5. The van der Waals surface area contributed by atoms with Crippen molar-refractivity contribution in [1.29, 1.82) is 0 Å². The number of aromatic nitrogens is 2. The molecule has 0 bridgehead atoms. The lowest BCUT2D eigenvalue weighted by Crippen LogP contribution is -2.36. The summed E-state index contributed by atoms with van der Waals surface area (Å²) in [6, 6.07) is 7.57. The topological polar surface area (TPSA) is 93.6 Å². The molecule has 2 aromatic rings. The van der Waals surface area contributed by atoms with Gasteiger partial charge in [-0.3, -0.25) is 14.3 Å². The van der Waals surface area contributed by atoms with Gasteiger partial charge in [-0.2, -0.15) is 13.2 Å². The van der Waals surface area contributed by atoms with Gasteiger partial charge in [-0.1, -0.05) is 29.8 Å². The van der Waals surface area contributed by atoms with Gasteiger partial charge in [0.2, 0.25) is 0 Å². The van der Waals surface area contributed by atoms with Crippen LogP contribution in [0.1, 0.15) is 29.3 Å². The van der Waals surface area contributed by atoms with E-state index in [4.69, 9.17) is 9.47 Å². The number of aromatic amines is 1. The van der Waals surface area contributed by atoms with Gasteiger partial charge in [0.15, 0.2) is 0 Å². The van der Waals surface area contributed by atoms with Crippen LogP contribution in [0.5, 0.6) is 0 Å². The Bertz CT molecular complexity index is 953. The zero-order valence-corrected chi connectivity index (χ0v) is 14.9. The molecular weight excluding hydrogens is 381 g/mol. The van der Waals surface area contributed by atoms with Gasteiger partial charge in [0, 0.05) is 12.6 Å². The molecule has 0 radical (unpaired) electrons. The first kappa shape index (κ1) is 20.3. The average Bonchev–Trinajstić information content (AvgIpc) is 3.02.